The molecular weight excluding hydrogens is 707 g/mol. The molecule has 13 heteroatoms. The van der Waals surface area contributed by atoms with E-state index in [-0.39, 0.29) is 68.0 Å². The van der Waals surface area contributed by atoms with Crippen molar-refractivity contribution in [2.45, 2.75) is 106 Å². The van der Waals surface area contributed by atoms with E-state index in [0.717, 1.165) is 5.56 Å². The minimum Gasteiger partial charge on any atom is -0.484 e. The van der Waals surface area contributed by atoms with Gasteiger partial charge in [0.2, 0.25) is 11.6 Å². The van der Waals surface area contributed by atoms with E-state index in [1.807, 2.05) is 32.9 Å². The molecule has 0 aliphatic rings. The maximum Gasteiger partial charge on any atom is 0.344 e. The summed E-state index contributed by atoms with van der Waals surface area (Å²) in [6, 6.07) is 15.5. The van der Waals surface area contributed by atoms with Crippen LogP contribution in [0.3, 0.4) is 0 Å². The van der Waals surface area contributed by atoms with Crippen LogP contribution < -0.4 is 18.9 Å². The average Bonchev–Trinajstić information content (AvgIpc) is 3.04. The van der Waals surface area contributed by atoms with Crippen LogP contribution in [-0.4, -0.2) is 53.1 Å². The van der Waals surface area contributed by atoms with Crippen molar-refractivity contribution in [2.24, 2.45) is 16.2 Å². The van der Waals surface area contributed by atoms with E-state index in [4.69, 9.17) is 18.9 Å². The lowest BCUT2D eigenvalue weighted by Gasteiger charge is -2.61. The molecule has 0 aliphatic carbocycles. The van der Waals surface area contributed by atoms with Crippen LogP contribution in [0.25, 0.3) is 11.6 Å². The Hall–Kier alpha value is -4.78. The van der Waals surface area contributed by atoms with Gasteiger partial charge in [0.05, 0.1) is 11.5 Å². The second-order valence-corrected chi connectivity index (χ2v) is 18.8. The summed E-state index contributed by atoms with van der Waals surface area (Å²) < 4.78 is 54.7. The predicted octanol–water partition coefficient (Wildman–Crippen LogP) is 9.02. The van der Waals surface area contributed by atoms with Gasteiger partial charge in [0.1, 0.15) is 5.60 Å². The number of aromatic nitrogens is 4. The van der Waals surface area contributed by atoms with E-state index in [9.17, 15) is 13.2 Å². The standard InChI is InChI=1S/C41H55N5O7S/c1-14-50-31(47)26-51-36-32(52-29-18-15-16-19-30(29)53-40(11,12)13)33(44-35(45-36)34-42-24-17-25-43-34)46-54(48,49)28-22-20-27(21-23-28)41(37(2,3)4,38(5,6)7)39(8,9)10/h15-25H,14,26H2,1-13H3,(H,44,45,46). The van der Waals surface area contributed by atoms with Gasteiger partial charge in [-0.25, -0.2) is 28.2 Å². The van der Waals surface area contributed by atoms with E-state index in [0.29, 0.717) is 5.75 Å². The van der Waals surface area contributed by atoms with Crippen LogP contribution in [0.2, 0.25) is 0 Å². The van der Waals surface area contributed by atoms with Crippen LogP contribution in [0.4, 0.5) is 5.82 Å². The zero-order valence-corrected chi connectivity index (χ0v) is 34.6. The normalized spacial score (nSPS) is 12.9. The first-order chi connectivity index (χ1) is 24.9. The fraction of sp³-hybridized carbons (Fsp3) is 0.488. The minimum atomic E-state index is -4.33. The third-order valence-electron chi connectivity index (χ3n) is 8.91. The Morgan fingerprint density at radius 1 is 0.722 bits per heavy atom. The van der Waals surface area contributed by atoms with Crippen molar-refractivity contribution in [3.05, 3.63) is 72.6 Å². The van der Waals surface area contributed by atoms with Crippen LogP contribution in [0, 0.1) is 16.2 Å². The van der Waals surface area contributed by atoms with Gasteiger partial charge in [-0.15, -0.1) is 0 Å². The lowest BCUT2D eigenvalue weighted by molar-refractivity contribution is -0.145. The van der Waals surface area contributed by atoms with Crippen molar-refractivity contribution in [3.63, 3.8) is 0 Å². The van der Waals surface area contributed by atoms with Crippen LogP contribution in [0.5, 0.6) is 23.1 Å². The van der Waals surface area contributed by atoms with Gasteiger partial charge < -0.3 is 18.9 Å². The Morgan fingerprint density at radius 2 is 1.28 bits per heavy atom. The highest BCUT2D eigenvalue weighted by Crippen LogP contribution is 2.62. The van der Waals surface area contributed by atoms with Gasteiger partial charge in [-0.2, -0.15) is 4.98 Å². The number of hydrogen-bond acceptors (Lipinski definition) is 11. The van der Waals surface area contributed by atoms with Crippen LogP contribution in [0.1, 0.15) is 95.6 Å². The third kappa shape index (κ3) is 9.11. The quantitative estimate of drug-likeness (QED) is 0.138. The van der Waals surface area contributed by atoms with Gasteiger partial charge in [0.25, 0.3) is 15.9 Å². The number of rotatable bonds is 12. The minimum absolute atomic E-state index is 0.00981. The molecule has 0 atom stereocenters. The van der Waals surface area contributed by atoms with Crippen molar-refractivity contribution in [3.8, 4) is 34.8 Å². The Balaban J connectivity index is 1.92. The molecule has 54 heavy (non-hydrogen) atoms. The molecule has 2 aromatic carbocycles. The number of hydrogen-bond donors (Lipinski definition) is 1. The first kappa shape index (κ1) is 42.0. The van der Waals surface area contributed by atoms with Crippen molar-refractivity contribution in [1.29, 1.82) is 0 Å². The number of carbonyl (C=O) groups excluding carboxylic acids is 1. The number of para-hydroxylation sites is 2. The number of benzene rings is 2. The molecular formula is C41H55N5O7S. The SMILES string of the molecule is CCOC(=O)COc1nc(-c2ncccn2)nc(NS(=O)(=O)c2ccc(C(C(C)(C)C)(C(C)(C)C)C(C)(C)C)cc2)c1Oc1ccccc1OC(C)(C)C. The fourth-order valence-corrected chi connectivity index (χ4v) is 9.34. The molecule has 4 rings (SSSR count). The monoisotopic (exact) mass is 761 g/mol. The molecule has 0 radical (unpaired) electrons. The summed E-state index contributed by atoms with van der Waals surface area (Å²) in [7, 11) is -4.33. The molecule has 0 amide bonds. The van der Waals surface area contributed by atoms with E-state index >= 15 is 0 Å². The van der Waals surface area contributed by atoms with Gasteiger partial charge in [-0.05, 0) is 79.8 Å². The van der Waals surface area contributed by atoms with Gasteiger partial charge in [0.15, 0.2) is 29.7 Å². The van der Waals surface area contributed by atoms with Crippen molar-refractivity contribution < 1.29 is 32.2 Å². The smallest absolute Gasteiger partial charge is 0.344 e. The molecule has 0 saturated heterocycles. The third-order valence-corrected chi connectivity index (χ3v) is 10.3. The lowest BCUT2D eigenvalue weighted by atomic mass is 9.42. The molecule has 1 N–H and O–H groups in total. The van der Waals surface area contributed by atoms with Gasteiger partial charge in [-0.3, -0.25) is 4.72 Å². The molecule has 0 bridgehead atoms. The molecule has 292 valence electrons. The molecule has 2 heterocycles. The zero-order chi connectivity index (χ0) is 40.3. The second-order valence-electron chi connectivity index (χ2n) is 17.1. The van der Waals surface area contributed by atoms with Crippen LogP contribution in [-0.2, 0) is 25.0 Å². The molecule has 0 aliphatic heterocycles. The molecule has 12 nitrogen and oxygen atoms in total. The summed E-state index contributed by atoms with van der Waals surface area (Å²) in [5, 5.41) is 0. The highest BCUT2D eigenvalue weighted by molar-refractivity contribution is 7.92. The van der Waals surface area contributed by atoms with Crippen molar-refractivity contribution >= 4 is 21.8 Å². The molecule has 2 aromatic heterocycles. The lowest BCUT2D eigenvalue weighted by Crippen LogP contribution is -2.58. The summed E-state index contributed by atoms with van der Waals surface area (Å²) in [5.74, 6) is -0.867. The maximum absolute atomic E-state index is 14.3. The van der Waals surface area contributed by atoms with E-state index in [2.05, 4.69) is 87.0 Å². The first-order valence-corrected chi connectivity index (χ1v) is 19.5. The van der Waals surface area contributed by atoms with Crippen molar-refractivity contribution in [1.82, 2.24) is 19.9 Å². The summed E-state index contributed by atoms with van der Waals surface area (Å²) in [6.07, 6.45) is 2.99. The topological polar surface area (TPSA) is 152 Å². The molecule has 0 fully saturated rings. The summed E-state index contributed by atoms with van der Waals surface area (Å²) in [6.45, 7) is 27.0. The number of anilines is 1. The summed E-state index contributed by atoms with van der Waals surface area (Å²) in [4.78, 5) is 30.0. The largest absolute Gasteiger partial charge is 0.484 e. The molecule has 0 saturated carbocycles. The molecule has 0 spiro atoms. The van der Waals surface area contributed by atoms with Crippen LogP contribution in [0.15, 0.2) is 71.9 Å². The fourth-order valence-electron chi connectivity index (χ4n) is 8.34. The number of ether oxygens (including phenoxy) is 4. The number of carbonyl (C=O) groups is 1. The summed E-state index contributed by atoms with van der Waals surface area (Å²) >= 11 is 0. The Morgan fingerprint density at radius 3 is 1.80 bits per heavy atom. The summed E-state index contributed by atoms with van der Waals surface area (Å²) in [5.41, 5.74) is -0.536. The number of sulfonamides is 1. The van der Waals surface area contributed by atoms with Gasteiger partial charge in [-0.1, -0.05) is 86.6 Å². The van der Waals surface area contributed by atoms with E-state index in [1.54, 1.807) is 49.4 Å². The average molecular weight is 762 g/mol. The molecule has 4 aromatic rings. The zero-order valence-electron chi connectivity index (χ0n) is 33.8. The Bertz CT molecular complexity index is 1990. The Kier molecular flexibility index (Phi) is 12.1. The van der Waals surface area contributed by atoms with Gasteiger partial charge >= 0.3 is 5.97 Å². The van der Waals surface area contributed by atoms with E-state index in [1.165, 1.54) is 12.4 Å². The highest BCUT2D eigenvalue weighted by Gasteiger charge is 2.58. The van der Waals surface area contributed by atoms with Crippen molar-refractivity contribution in [2.75, 3.05) is 17.9 Å². The van der Waals surface area contributed by atoms with Crippen LogP contribution >= 0.6 is 0 Å². The second kappa shape index (κ2) is 15.5. The number of nitrogens with zero attached hydrogens (tertiary/aromatic N) is 4. The first-order valence-electron chi connectivity index (χ1n) is 18.0. The maximum atomic E-state index is 14.3. The molecule has 0 unspecified atom stereocenters. The van der Waals surface area contributed by atoms with E-state index < -0.39 is 28.2 Å². The number of nitrogens with one attached hydrogen (secondary N) is 1. The predicted molar refractivity (Wildman–Crippen MR) is 209 cm³/mol. The number of esters is 1. The highest BCUT2D eigenvalue weighted by atomic mass is 32.2. The Labute approximate surface area is 320 Å². The van der Waals surface area contributed by atoms with Gasteiger partial charge in [0, 0.05) is 17.8 Å².